The van der Waals surface area contributed by atoms with Crippen LogP contribution in [0.3, 0.4) is 0 Å². The summed E-state index contributed by atoms with van der Waals surface area (Å²) in [4.78, 5) is 25.7. The fourth-order valence-electron chi connectivity index (χ4n) is 7.36. The Morgan fingerprint density at radius 3 is 1.60 bits per heavy atom. The lowest BCUT2D eigenvalue weighted by atomic mass is 9.89. The van der Waals surface area contributed by atoms with Crippen LogP contribution in [0.15, 0.2) is 0 Å². The van der Waals surface area contributed by atoms with Crippen LogP contribution in [0.2, 0.25) is 0 Å². The summed E-state index contributed by atoms with van der Waals surface area (Å²) in [6.45, 7) is 9.04. The molecule has 1 aliphatic rings. The molecule has 0 heterocycles. The van der Waals surface area contributed by atoms with Gasteiger partial charge in [0, 0.05) is 18.1 Å². The first kappa shape index (κ1) is 45.3. The highest BCUT2D eigenvalue weighted by Gasteiger charge is 2.29. The topological polar surface area (TPSA) is 52.6 Å². The molecule has 1 aliphatic carbocycles. The van der Waals surface area contributed by atoms with Gasteiger partial charge in [0.15, 0.2) is 0 Å². The molecular formula is C43H82O4S. The quantitative estimate of drug-likeness (QED) is 0.0496. The summed E-state index contributed by atoms with van der Waals surface area (Å²) in [5, 5.41) is 0.375. The molecule has 0 aliphatic heterocycles. The molecule has 5 heteroatoms. The Labute approximate surface area is 304 Å². The van der Waals surface area contributed by atoms with Crippen molar-refractivity contribution in [1.82, 2.24) is 0 Å². The van der Waals surface area contributed by atoms with Gasteiger partial charge < -0.3 is 9.47 Å². The van der Waals surface area contributed by atoms with Crippen molar-refractivity contribution in [3.05, 3.63) is 0 Å². The predicted molar refractivity (Wildman–Crippen MR) is 210 cm³/mol. The van der Waals surface area contributed by atoms with Crippen LogP contribution in [0.25, 0.3) is 0 Å². The molecule has 0 spiro atoms. The van der Waals surface area contributed by atoms with E-state index in [1.54, 1.807) is 0 Å². The molecule has 284 valence electrons. The zero-order valence-corrected chi connectivity index (χ0v) is 33.5. The molecule has 0 aromatic rings. The van der Waals surface area contributed by atoms with Gasteiger partial charge in [-0.05, 0) is 56.6 Å². The third kappa shape index (κ3) is 26.1. The highest BCUT2D eigenvalue weighted by molar-refractivity contribution is 7.99. The maximum atomic E-state index is 13.1. The van der Waals surface area contributed by atoms with Crippen LogP contribution >= 0.6 is 11.8 Å². The van der Waals surface area contributed by atoms with Crippen molar-refractivity contribution < 1.29 is 19.1 Å². The monoisotopic (exact) mass is 695 g/mol. The van der Waals surface area contributed by atoms with Gasteiger partial charge in [-0.3, -0.25) is 9.59 Å². The standard InChI is InChI=1S/C43H82O4S/c1-5-9-13-16-17-18-19-22-24-30-38(29-23-12-8-4)37-39(46-42(44)33-25-20-14-10-6-2)35-36-48-41-32-28-27-31-40(41)47-43(45)34-26-21-15-11-7-3/h38-41H,5-37H2,1-4H3/t38?,39?,40-,41-/m1/s1. The van der Waals surface area contributed by atoms with Gasteiger partial charge in [0.05, 0.1) is 0 Å². The number of hydrogen-bond acceptors (Lipinski definition) is 5. The molecule has 48 heavy (non-hydrogen) atoms. The van der Waals surface area contributed by atoms with E-state index in [-0.39, 0.29) is 24.1 Å². The number of unbranched alkanes of at least 4 members (excludes halogenated alkanes) is 18. The summed E-state index contributed by atoms with van der Waals surface area (Å²) in [7, 11) is 0. The highest BCUT2D eigenvalue weighted by atomic mass is 32.2. The Balaban J connectivity index is 2.69. The largest absolute Gasteiger partial charge is 0.462 e. The summed E-state index contributed by atoms with van der Waals surface area (Å²) in [5.41, 5.74) is 0. The minimum absolute atomic E-state index is 0.00107. The fourth-order valence-corrected chi connectivity index (χ4v) is 8.80. The lowest BCUT2D eigenvalue weighted by Crippen LogP contribution is -2.33. The Morgan fingerprint density at radius 2 is 1.02 bits per heavy atom. The van der Waals surface area contributed by atoms with Crippen LogP contribution in [0.4, 0.5) is 0 Å². The van der Waals surface area contributed by atoms with Crippen LogP contribution in [0.5, 0.6) is 0 Å². The van der Waals surface area contributed by atoms with Gasteiger partial charge in [0.25, 0.3) is 0 Å². The first-order valence-corrected chi connectivity index (χ1v) is 22.6. The van der Waals surface area contributed by atoms with E-state index in [2.05, 4.69) is 27.7 Å². The number of hydrogen-bond donors (Lipinski definition) is 0. The fraction of sp³-hybridized carbons (Fsp3) is 0.953. The molecule has 0 aromatic carbocycles. The van der Waals surface area contributed by atoms with Crippen molar-refractivity contribution in [3.63, 3.8) is 0 Å². The molecular weight excluding hydrogens is 613 g/mol. The Kier molecular flexibility index (Phi) is 31.6. The van der Waals surface area contributed by atoms with E-state index in [4.69, 9.17) is 9.47 Å². The van der Waals surface area contributed by atoms with E-state index in [0.717, 1.165) is 63.5 Å². The zero-order chi connectivity index (χ0) is 34.9. The molecule has 2 unspecified atom stereocenters. The summed E-state index contributed by atoms with van der Waals surface area (Å²) in [6, 6.07) is 0. The minimum Gasteiger partial charge on any atom is -0.462 e. The van der Waals surface area contributed by atoms with Gasteiger partial charge in [0.2, 0.25) is 0 Å². The van der Waals surface area contributed by atoms with Crippen LogP contribution in [0, 0.1) is 5.92 Å². The number of carbonyl (C=O) groups is 2. The summed E-state index contributed by atoms with van der Waals surface area (Å²) in [6.07, 6.45) is 37.9. The van der Waals surface area contributed by atoms with Crippen molar-refractivity contribution in [2.45, 2.75) is 251 Å². The van der Waals surface area contributed by atoms with Gasteiger partial charge in [-0.15, -0.1) is 0 Å². The molecule has 4 nitrogen and oxygen atoms in total. The van der Waals surface area contributed by atoms with E-state index in [0.29, 0.717) is 24.0 Å². The molecule has 1 rings (SSSR count). The average molecular weight is 695 g/mol. The molecule has 0 radical (unpaired) electrons. The third-order valence-corrected chi connectivity index (χ3v) is 11.9. The number of esters is 2. The summed E-state index contributed by atoms with van der Waals surface area (Å²) < 4.78 is 12.4. The third-order valence-electron chi connectivity index (χ3n) is 10.5. The van der Waals surface area contributed by atoms with Gasteiger partial charge in [-0.25, -0.2) is 0 Å². The van der Waals surface area contributed by atoms with E-state index < -0.39 is 0 Å². The molecule has 0 N–H and O–H groups in total. The van der Waals surface area contributed by atoms with Crippen molar-refractivity contribution in [2.24, 2.45) is 5.92 Å². The number of thioether (sulfide) groups is 1. The number of ether oxygens (including phenoxy) is 2. The second-order valence-electron chi connectivity index (χ2n) is 15.2. The molecule has 0 bridgehead atoms. The van der Waals surface area contributed by atoms with Crippen LogP contribution in [0.1, 0.15) is 233 Å². The van der Waals surface area contributed by atoms with Crippen molar-refractivity contribution in [1.29, 1.82) is 0 Å². The smallest absolute Gasteiger partial charge is 0.306 e. The normalized spacial score (nSPS) is 17.7. The van der Waals surface area contributed by atoms with E-state index >= 15 is 0 Å². The molecule has 4 atom stereocenters. The lowest BCUT2D eigenvalue weighted by Gasteiger charge is -2.31. The predicted octanol–water partition coefficient (Wildman–Crippen LogP) is 14.1. The van der Waals surface area contributed by atoms with Crippen LogP contribution < -0.4 is 0 Å². The molecule has 1 saturated carbocycles. The van der Waals surface area contributed by atoms with E-state index in [1.807, 2.05) is 11.8 Å². The lowest BCUT2D eigenvalue weighted by molar-refractivity contribution is -0.151. The molecule has 0 saturated heterocycles. The van der Waals surface area contributed by atoms with Crippen molar-refractivity contribution >= 4 is 23.7 Å². The van der Waals surface area contributed by atoms with Crippen LogP contribution in [-0.4, -0.2) is 35.1 Å². The van der Waals surface area contributed by atoms with Crippen molar-refractivity contribution in [3.8, 4) is 0 Å². The van der Waals surface area contributed by atoms with E-state index in [9.17, 15) is 9.59 Å². The Hall–Kier alpha value is -0.710. The van der Waals surface area contributed by atoms with Crippen LogP contribution in [-0.2, 0) is 19.1 Å². The Morgan fingerprint density at radius 1 is 0.562 bits per heavy atom. The van der Waals surface area contributed by atoms with Gasteiger partial charge in [-0.1, -0.05) is 175 Å². The second kappa shape index (κ2) is 33.4. The number of rotatable bonds is 34. The number of carbonyl (C=O) groups excluding carboxylic acids is 2. The minimum atomic E-state index is 0.00107. The maximum Gasteiger partial charge on any atom is 0.306 e. The first-order chi connectivity index (χ1) is 23.5. The highest BCUT2D eigenvalue weighted by Crippen LogP contribution is 2.33. The molecule has 1 fully saturated rings. The molecule has 0 aromatic heterocycles. The SMILES string of the molecule is CCCCCCCCCCCC(CCCCC)CC(CCS[C@@H]1CCCC[C@H]1OC(=O)CCCCCCC)OC(=O)CCCCCCC. The second-order valence-corrected chi connectivity index (χ2v) is 16.5. The van der Waals surface area contributed by atoms with Gasteiger partial charge >= 0.3 is 11.9 Å². The molecule has 0 amide bonds. The zero-order valence-electron chi connectivity index (χ0n) is 32.7. The van der Waals surface area contributed by atoms with Gasteiger partial charge in [0.1, 0.15) is 12.2 Å². The first-order valence-electron chi connectivity index (χ1n) is 21.5. The average Bonchev–Trinajstić information content (AvgIpc) is 3.08. The van der Waals surface area contributed by atoms with E-state index in [1.165, 1.54) is 135 Å². The summed E-state index contributed by atoms with van der Waals surface area (Å²) in [5.74, 6) is 1.64. The Bertz CT molecular complexity index is 728. The van der Waals surface area contributed by atoms with Gasteiger partial charge in [-0.2, -0.15) is 11.8 Å². The summed E-state index contributed by atoms with van der Waals surface area (Å²) >= 11 is 1.98. The maximum absolute atomic E-state index is 13.1. The van der Waals surface area contributed by atoms with Crippen molar-refractivity contribution in [2.75, 3.05) is 5.75 Å².